The summed E-state index contributed by atoms with van der Waals surface area (Å²) >= 11 is 0. The van der Waals surface area contributed by atoms with Gasteiger partial charge in [-0.25, -0.2) is 0 Å². The Balaban J connectivity index is 1.71. The maximum atomic E-state index is 2.51. The van der Waals surface area contributed by atoms with Gasteiger partial charge in [-0.3, -0.25) is 0 Å². The molecule has 2 nitrogen and oxygen atoms in total. The van der Waals surface area contributed by atoms with Crippen LogP contribution in [0.25, 0.3) is 0 Å². The van der Waals surface area contributed by atoms with E-state index in [1.54, 1.807) is 0 Å². The van der Waals surface area contributed by atoms with Crippen molar-refractivity contribution in [3.8, 4) is 0 Å². The molecule has 0 spiro atoms. The molecule has 1 aliphatic heterocycles. The molecule has 0 N–H and O–H groups in total. The van der Waals surface area contributed by atoms with E-state index in [0.717, 1.165) is 0 Å². The van der Waals surface area contributed by atoms with Gasteiger partial charge in [0.1, 0.15) is 0 Å². The Bertz CT molecular complexity index is 951. The molecule has 1 aliphatic carbocycles. The number of hydrogen-bond donors (Lipinski definition) is 0. The first-order valence-electron chi connectivity index (χ1n) is 9.04. The summed E-state index contributed by atoms with van der Waals surface area (Å²) in [6.07, 6.45) is 6.71. The first-order valence-corrected chi connectivity index (χ1v) is 9.04. The van der Waals surface area contributed by atoms with Gasteiger partial charge in [0.25, 0.3) is 0 Å². The second-order valence-electron chi connectivity index (χ2n) is 6.65. The lowest BCUT2D eigenvalue weighted by Gasteiger charge is -2.30. The molecule has 1 unspecified atom stereocenters. The van der Waals surface area contributed by atoms with Crippen molar-refractivity contribution in [2.45, 2.75) is 6.04 Å². The lowest BCUT2D eigenvalue weighted by Crippen LogP contribution is -2.54. The highest BCUT2D eigenvalue weighted by Gasteiger charge is 2.48. The van der Waals surface area contributed by atoms with Crippen molar-refractivity contribution in [2.75, 3.05) is 9.62 Å². The smallest absolute Gasteiger partial charge is 0.380 e. The van der Waals surface area contributed by atoms with Gasteiger partial charge < -0.3 is 9.62 Å². The molecule has 5 rings (SSSR count). The highest BCUT2D eigenvalue weighted by Crippen LogP contribution is 2.38. The maximum Gasteiger partial charge on any atom is 0.416 e. The molecule has 0 aromatic heterocycles. The minimum Gasteiger partial charge on any atom is -0.380 e. The standard InChI is InChI=1S/C23H19BN2/c1-4-11-19(12-5-1)24-25(20-13-6-2-7-14-20)22-17-10-18-23(22)26(24)21-15-8-3-9-16-21/h1-18,22H. The van der Waals surface area contributed by atoms with E-state index in [1.165, 1.54) is 22.5 Å². The second-order valence-corrected chi connectivity index (χ2v) is 6.65. The Morgan fingerprint density at radius 3 is 1.88 bits per heavy atom. The molecule has 2 aliphatic rings. The lowest BCUT2D eigenvalue weighted by atomic mass is 9.64. The van der Waals surface area contributed by atoms with Gasteiger partial charge in [-0.2, -0.15) is 0 Å². The van der Waals surface area contributed by atoms with Gasteiger partial charge in [0.05, 0.1) is 6.04 Å². The van der Waals surface area contributed by atoms with Gasteiger partial charge in [0.2, 0.25) is 0 Å². The number of rotatable bonds is 3. The Labute approximate surface area is 154 Å². The van der Waals surface area contributed by atoms with Crippen LogP contribution in [-0.4, -0.2) is 13.0 Å². The Kier molecular flexibility index (Phi) is 3.64. The predicted octanol–water partition coefficient (Wildman–Crippen LogP) is 4.23. The molecule has 26 heavy (non-hydrogen) atoms. The summed E-state index contributed by atoms with van der Waals surface area (Å²) < 4.78 is 0. The first kappa shape index (κ1) is 15.1. The van der Waals surface area contributed by atoms with Gasteiger partial charge in [-0.15, -0.1) is 0 Å². The van der Waals surface area contributed by atoms with Gasteiger partial charge in [-0.05, 0) is 35.8 Å². The SMILES string of the molecule is C1=CC2C(=C1)N(c1ccccc1)B(c1ccccc1)N2c1ccccc1. The van der Waals surface area contributed by atoms with E-state index < -0.39 is 0 Å². The molecule has 3 aromatic carbocycles. The van der Waals surface area contributed by atoms with Crippen molar-refractivity contribution in [3.05, 3.63) is 115 Å². The maximum absolute atomic E-state index is 2.51. The van der Waals surface area contributed by atoms with Crippen molar-refractivity contribution in [1.29, 1.82) is 0 Å². The molecule has 0 amide bonds. The van der Waals surface area contributed by atoms with E-state index in [-0.39, 0.29) is 13.0 Å². The van der Waals surface area contributed by atoms with Crippen LogP contribution >= 0.6 is 0 Å². The average molecular weight is 334 g/mol. The van der Waals surface area contributed by atoms with Crippen molar-refractivity contribution >= 4 is 23.8 Å². The fraction of sp³-hybridized carbons (Fsp3) is 0.0435. The minimum absolute atomic E-state index is 0.127. The summed E-state index contributed by atoms with van der Waals surface area (Å²) in [6, 6.07) is 32.4. The Morgan fingerprint density at radius 1 is 0.654 bits per heavy atom. The summed E-state index contributed by atoms with van der Waals surface area (Å²) in [5.41, 5.74) is 5.08. The zero-order chi connectivity index (χ0) is 17.3. The summed E-state index contributed by atoms with van der Waals surface area (Å²) in [4.78, 5) is 4.98. The number of para-hydroxylation sites is 2. The van der Waals surface area contributed by atoms with Crippen LogP contribution < -0.4 is 15.1 Å². The number of nitrogens with zero attached hydrogens (tertiary/aromatic N) is 2. The topological polar surface area (TPSA) is 6.48 Å². The molecule has 124 valence electrons. The number of benzene rings is 3. The van der Waals surface area contributed by atoms with Crippen molar-refractivity contribution in [2.24, 2.45) is 0 Å². The Morgan fingerprint density at radius 2 is 1.23 bits per heavy atom. The van der Waals surface area contributed by atoms with Gasteiger partial charge in [0, 0.05) is 17.1 Å². The zero-order valence-electron chi connectivity index (χ0n) is 14.4. The highest BCUT2D eigenvalue weighted by atomic mass is 15.3. The summed E-state index contributed by atoms with van der Waals surface area (Å²) in [6.45, 7) is 0.127. The summed E-state index contributed by atoms with van der Waals surface area (Å²) in [5, 5.41) is 0. The van der Waals surface area contributed by atoms with Crippen LogP contribution in [0.5, 0.6) is 0 Å². The number of allylic oxidation sites excluding steroid dienone is 2. The molecule has 3 aromatic rings. The van der Waals surface area contributed by atoms with E-state index in [1.807, 2.05) is 0 Å². The predicted molar refractivity (Wildman–Crippen MR) is 111 cm³/mol. The van der Waals surface area contributed by atoms with Crippen molar-refractivity contribution < 1.29 is 0 Å². The van der Waals surface area contributed by atoms with E-state index in [9.17, 15) is 0 Å². The largest absolute Gasteiger partial charge is 0.416 e. The molecule has 3 heteroatoms. The van der Waals surface area contributed by atoms with E-state index in [4.69, 9.17) is 0 Å². The van der Waals surface area contributed by atoms with Crippen LogP contribution in [0, 0.1) is 0 Å². The lowest BCUT2D eigenvalue weighted by molar-refractivity contribution is 0.984. The molecule has 0 radical (unpaired) electrons. The van der Waals surface area contributed by atoms with E-state index in [0.29, 0.717) is 0 Å². The van der Waals surface area contributed by atoms with Crippen LogP contribution in [0.3, 0.4) is 0 Å². The second kappa shape index (κ2) is 6.27. The quantitative estimate of drug-likeness (QED) is 0.662. The van der Waals surface area contributed by atoms with E-state index >= 15 is 0 Å². The molecule has 0 bridgehead atoms. The normalized spacial score (nSPS) is 18.2. The van der Waals surface area contributed by atoms with Gasteiger partial charge >= 0.3 is 6.98 Å². The van der Waals surface area contributed by atoms with Crippen LogP contribution in [-0.2, 0) is 0 Å². The van der Waals surface area contributed by atoms with Crippen molar-refractivity contribution in [3.63, 3.8) is 0 Å². The van der Waals surface area contributed by atoms with E-state index in [2.05, 4.69) is 119 Å². The van der Waals surface area contributed by atoms with Crippen molar-refractivity contribution in [1.82, 2.24) is 0 Å². The number of fused-ring (bicyclic) bond motifs is 1. The third-order valence-electron chi connectivity index (χ3n) is 5.14. The number of anilines is 2. The molecular formula is C23H19BN2. The first-order chi connectivity index (χ1) is 12.9. The van der Waals surface area contributed by atoms with Crippen LogP contribution in [0.2, 0.25) is 0 Å². The summed E-state index contributed by atoms with van der Waals surface area (Å²) in [7, 11) is 0. The third kappa shape index (κ3) is 2.36. The van der Waals surface area contributed by atoms with Crippen LogP contribution in [0.1, 0.15) is 0 Å². The monoisotopic (exact) mass is 334 g/mol. The van der Waals surface area contributed by atoms with Crippen LogP contribution in [0.15, 0.2) is 115 Å². The van der Waals surface area contributed by atoms with Gasteiger partial charge in [-0.1, -0.05) is 78.9 Å². The highest BCUT2D eigenvalue weighted by molar-refractivity contribution is 6.82. The Hall–Kier alpha value is -3.20. The fourth-order valence-corrected chi connectivity index (χ4v) is 4.05. The average Bonchev–Trinajstić information content (AvgIpc) is 3.30. The molecule has 1 saturated heterocycles. The molecular weight excluding hydrogens is 315 g/mol. The molecule has 1 fully saturated rings. The summed E-state index contributed by atoms with van der Waals surface area (Å²) in [5.74, 6) is 0. The number of hydrogen-bond acceptors (Lipinski definition) is 2. The zero-order valence-corrected chi connectivity index (χ0v) is 14.4. The minimum atomic E-state index is 0.127. The molecule has 1 heterocycles. The molecule has 0 saturated carbocycles. The molecule has 1 atom stereocenters. The third-order valence-corrected chi connectivity index (χ3v) is 5.14. The van der Waals surface area contributed by atoms with Crippen LogP contribution in [0.4, 0.5) is 11.4 Å². The fourth-order valence-electron chi connectivity index (χ4n) is 4.05. The van der Waals surface area contributed by atoms with Gasteiger partial charge in [0.15, 0.2) is 0 Å².